The van der Waals surface area contributed by atoms with Gasteiger partial charge < -0.3 is 15.0 Å². The van der Waals surface area contributed by atoms with Crippen LogP contribution in [0.1, 0.15) is 29.9 Å². The fourth-order valence-corrected chi connectivity index (χ4v) is 3.28. The van der Waals surface area contributed by atoms with Gasteiger partial charge in [-0.3, -0.25) is 4.79 Å². The van der Waals surface area contributed by atoms with Gasteiger partial charge in [-0.15, -0.1) is 10.2 Å². The highest BCUT2D eigenvalue weighted by Gasteiger charge is 2.23. The number of amides is 1. The van der Waals surface area contributed by atoms with E-state index in [4.69, 9.17) is 4.74 Å². The molecule has 0 bridgehead atoms. The van der Waals surface area contributed by atoms with Crippen molar-refractivity contribution in [3.63, 3.8) is 0 Å². The number of anilines is 2. The predicted molar refractivity (Wildman–Crippen MR) is 101 cm³/mol. The second kappa shape index (κ2) is 7.49. The Labute approximate surface area is 155 Å². The molecule has 1 aromatic heterocycles. The van der Waals surface area contributed by atoms with Crippen molar-refractivity contribution >= 4 is 33.3 Å². The van der Waals surface area contributed by atoms with Gasteiger partial charge in [-0.25, -0.2) is 0 Å². The Bertz CT molecular complexity index is 756. The Morgan fingerprint density at radius 2 is 1.92 bits per heavy atom. The zero-order valence-corrected chi connectivity index (χ0v) is 16.1. The van der Waals surface area contributed by atoms with Gasteiger partial charge in [0.1, 0.15) is 0 Å². The summed E-state index contributed by atoms with van der Waals surface area (Å²) in [6.45, 7) is 7.55. The fourth-order valence-electron chi connectivity index (χ4n) is 2.91. The molecule has 0 aliphatic carbocycles. The van der Waals surface area contributed by atoms with E-state index in [9.17, 15) is 4.79 Å². The SMILES string of the molecule is Cc1c(Br)cccc1NC(=O)c1ccc(N2C[C@@H](C)O[C@@H](C)C2)nn1. The van der Waals surface area contributed by atoms with Crippen molar-refractivity contribution in [1.29, 1.82) is 0 Å². The van der Waals surface area contributed by atoms with E-state index in [1.165, 1.54) is 0 Å². The van der Waals surface area contributed by atoms with Crippen LogP contribution in [0.25, 0.3) is 0 Å². The third-order valence-corrected chi connectivity index (χ3v) is 5.00. The maximum atomic E-state index is 12.4. The van der Waals surface area contributed by atoms with Crippen molar-refractivity contribution in [1.82, 2.24) is 10.2 Å². The molecule has 0 unspecified atom stereocenters. The van der Waals surface area contributed by atoms with E-state index >= 15 is 0 Å². The molecule has 1 aromatic carbocycles. The zero-order chi connectivity index (χ0) is 18.0. The predicted octanol–water partition coefficient (Wildman–Crippen LogP) is 3.41. The van der Waals surface area contributed by atoms with Crippen LogP contribution in [0.4, 0.5) is 11.5 Å². The first-order valence-corrected chi connectivity index (χ1v) is 9.04. The maximum absolute atomic E-state index is 12.4. The Balaban J connectivity index is 1.71. The van der Waals surface area contributed by atoms with E-state index in [0.717, 1.165) is 34.6 Å². The number of aromatic nitrogens is 2. The van der Waals surface area contributed by atoms with Crippen LogP contribution >= 0.6 is 15.9 Å². The molecule has 2 aromatic rings. The first kappa shape index (κ1) is 17.8. The standard InChI is InChI=1S/C18H21BrN4O2/c1-11-9-23(10-12(2)25-11)17-8-7-16(21-22-17)18(24)20-15-6-4-5-14(19)13(15)3/h4-8,11-12H,9-10H2,1-3H3,(H,20,24)/t11-,12+. The van der Waals surface area contributed by atoms with Gasteiger partial charge in [0.25, 0.3) is 5.91 Å². The van der Waals surface area contributed by atoms with E-state index in [1.54, 1.807) is 6.07 Å². The van der Waals surface area contributed by atoms with Crippen molar-refractivity contribution in [2.75, 3.05) is 23.3 Å². The maximum Gasteiger partial charge on any atom is 0.276 e. The zero-order valence-electron chi connectivity index (χ0n) is 14.5. The molecule has 132 valence electrons. The summed E-state index contributed by atoms with van der Waals surface area (Å²) < 4.78 is 6.68. The molecule has 25 heavy (non-hydrogen) atoms. The van der Waals surface area contributed by atoms with Crippen LogP contribution in [0.15, 0.2) is 34.8 Å². The number of morpholine rings is 1. The first-order chi connectivity index (χ1) is 11.9. The minimum Gasteiger partial charge on any atom is -0.372 e. The van der Waals surface area contributed by atoms with E-state index in [2.05, 4.69) is 36.3 Å². The number of halogens is 1. The lowest BCUT2D eigenvalue weighted by Crippen LogP contribution is -2.46. The molecule has 3 rings (SSSR count). The van der Waals surface area contributed by atoms with Crippen molar-refractivity contribution in [2.45, 2.75) is 33.0 Å². The second-order valence-electron chi connectivity index (χ2n) is 6.31. The summed E-state index contributed by atoms with van der Waals surface area (Å²) in [5, 5.41) is 11.2. The molecule has 2 atom stereocenters. The van der Waals surface area contributed by atoms with Crippen LogP contribution < -0.4 is 10.2 Å². The number of nitrogens with zero attached hydrogens (tertiary/aromatic N) is 3. The van der Waals surface area contributed by atoms with Crippen LogP contribution in [0, 0.1) is 6.92 Å². The average molecular weight is 405 g/mol. The molecule has 2 heterocycles. The lowest BCUT2D eigenvalue weighted by molar-refractivity contribution is -0.00551. The molecular weight excluding hydrogens is 384 g/mol. The number of ether oxygens (including phenoxy) is 1. The molecule has 1 saturated heterocycles. The summed E-state index contributed by atoms with van der Waals surface area (Å²) >= 11 is 3.46. The summed E-state index contributed by atoms with van der Waals surface area (Å²) in [5.74, 6) is 0.487. The highest BCUT2D eigenvalue weighted by molar-refractivity contribution is 9.10. The van der Waals surface area contributed by atoms with E-state index in [1.807, 2.05) is 45.0 Å². The van der Waals surface area contributed by atoms with Crippen molar-refractivity contribution in [3.8, 4) is 0 Å². The largest absolute Gasteiger partial charge is 0.372 e. The van der Waals surface area contributed by atoms with Crippen LogP contribution in [0.2, 0.25) is 0 Å². The highest BCUT2D eigenvalue weighted by Crippen LogP contribution is 2.24. The Morgan fingerprint density at radius 1 is 1.20 bits per heavy atom. The quantitative estimate of drug-likeness (QED) is 0.848. The fraction of sp³-hybridized carbons (Fsp3) is 0.389. The summed E-state index contributed by atoms with van der Waals surface area (Å²) in [7, 11) is 0. The van der Waals surface area contributed by atoms with E-state index in [-0.39, 0.29) is 23.8 Å². The summed E-state index contributed by atoms with van der Waals surface area (Å²) in [6, 6.07) is 9.21. The van der Waals surface area contributed by atoms with E-state index in [0.29, 0.717) is 0 Å². The van der Waals surface area contributed by atoms with Gasteiger partial charge in [0.05, 0.1) is 12.2 Å². The number of benzene rings is 1. The third kappa shape index (κ3) is 4.16. The van der Waals surface area contributed by atoms with Crippen molar-refractivity contribution in [2.24, 2.45) is 0 Å². The highest BCUT2D eigenvalue weighted by atomic mass is 79.9. The van der Waals surface area contributed by atoms with Crippen LogP contribution in [-0.4, -0.2) is 41.4 Å². The number of carbonyl (C=O) groups is 1. The van der Waals surface area contributed by atoms with E-state index < -0.39 is 0 Å². The monoisotopic (exact) mass is 404 g/mol. The summed E-state index contributed by atoms with van der Waals surface area (Å²) in [4.78, 5) is 14.5. The number of nitrogens with one attached hydrogen (secondary N) is 1. The molecule has 1 N–H and O–H groups in total. The summed E-state index contributed by atoms with van der Waals surface area (Å²) in [5.41, 5.74) is 2.01. The van der Waals surface area contributed by atoms with Gasteiger partial charge in [-0.1, -0.05) is 22.0 Å². The van der Waals surface area contributed by atoms with Crippen LogP contribution in [0.3, 0.4) is 0 Å². The molecule has 1 fully saturated rings. The van der Waals surface area contributed by atoms with Crippen molar-refractivity contribution in [3.05, 3.63) is 46.1 Å². The van der Waals surface area contributed by atoms with Gasteiger partial charge in [-0.2, -0.15) is 0 Å². The molecule has 0 spiro atoms. The molecule has 0 saturated carbocycles. The molecular formula is C18H21BrN4O2. The molecule has 0 radical (unpaired) electrons. The van der Waals surface area contributed by atoms with Gasteiger partial charge in [0, 0.05) is 23.2 Å². The van der Waals surface area contributed by atoms with Gasteiger partial charge in [0.2, 0.25) is 0 Å². The number of hydrogen-bond acceptors (Lipinski definition) is 5. The minimum atomic E-state index is -0.274. The molecule has 6 nitrogen and oxygen atoms in total. The van der Waals surface area contributed by atoms with Gasteiger partial charge in [-0.05, 0) is 50.6 Å². The lowest BCUT2D eigenvalue weighted by atomic mass is 10.2. The first-order valence-electron chi connectivity index (χ1n) is 8.24. The Hall–Kier alpha value is -1.99. The molecule has 1 aliphatic rings. The minimum absolute atomic E-state index is 0.146. The average Bonchev–Trinajstić information content (AvgIpc) is 2.58. The third-order valence-electron chi connectivity index (χ3n) is 4.14. The lowest BCUT2D eigenvalue weighted by Gasteiger charge is -2.35. The number of carbonyl (C=O) groups excluding carboxylic acids is 1. The topological polar surface area (TPSA) is 67.4 Å². The Morgan fingerprint density at radius 3 is 2.56 bits per heavy atom. The smallest absolute Gasteiger partial charge is 0.276 e. The Kier molecular flexibility index (Phi) is 5.34. The normalized spacial score (nSPS) is 20.4. The number of hydrogen-bond donors (Lipinski definition) is 1. The number of rotatable bonds is 3. The molecule has 1 aliphatic heterocycles. The van der Waals surface area contributed by atoms with Crippen LogP contribution in [-0.2, 0) is 4.74 Å². The van der Waals surface area contributed by atoms with Crippen LogP contribution in [0.5, 0.6) is 0 Å². The molecule has 7 heteroatoms. The van der Waals surface area contributed by atoms with Gasteiger partial charge >= 0.3 is 0 Å². The van der Waals surface area contributed by atoms with Gasteiger partial charge in [0.15, 0.2) is 11.5 Å². The van der Waals surface area contributed by atoms with Crippen molar-refractivity contribution < 1.29 is 9.53 Å². The second-order valence-corrected chi connectivity index (χ2v) is 7.16. The summed E-state index contributed by atoms with van der Waals surface area (Å²) in [6.07, 6.45) is 0.293. The molecule has 1 amide bonds.